The van der Waals surface area contributed by atoms with Crippen LogP contribution in [0, 0.1) is 18.8 Å². The second-order valence-corrected chi connectivity index (χ2v) is 7.87. The standard InChI is InChI=1S/C19H28N2O2/c1-11(2)13-9-7-8-12(3)16(13)20-17(22)14-10-15(14)18(23)21-19(4,5)6/h7-9,11,14-15H,10H2,1-6H3,(H,20,22)(H,21,23). The van der Waals surface area contributed by atoms with E-state index in [9.17, 15) is 9.59 Å². The highest BCUT2D eigenvalue weighted by molar-refractivity contribution is 6.00. The van der Waals surface area contributed by atoms with Crippen molar-refractivity contribution in [2.45, 2.75) is 59.4 Å². The van der Waals surface area contributed by atoms with Crippen molar-refractivity contribution in [1.29, 1.82) is 0 Å². The minimum absolute atomic E-state index is 0.0217. The Morgan fingerprint density at radius 1 is 1.13 bits per heavy atom. The average Bonchev–Trinajstić information content (AvgIpc) is 3.19. The van der Waals surface area contributed by atoms with Crippen LogP contribution < -0.4 is 10.6 Å². The van der Waals surface area contributed by atoms with E-state index in [4.69, 9.17) is 0 Å². The van der Waals surface area contributed by atoms with Crippen molar-refractivity contribution in [1.82, 2.24) is 5.32 Å². The van der Waals surface area contributed by atoms with E-state index in [0.717, 1.165) is 16.8 Å². The van der Waals surface area contributed by atoms with Crippen LogP contribution in [0.2, 0.25) is 0 Å². The molecule has 1 aromatic carbocycles. The van der Waals surface area contributed by atoms with Crippen molar-refractivity contribution >= 4 is 17.5 Å². The van der Waals surface area contributed by atoms with Crippen molar-refractivity contribution < 1.29 is 9.59 Å². The SMILES string of the molecule is Cc1cccc(C(C)C)c1NC(=O)C1CC1C(=O)NC(C)(C)C. The van der Waals surface area contributed by atoms with Crippen LogP contribution in [0.25, 0.3) is 0 Å². The summed E-state index contributed by atoms with van der Waals surface area (Å²) in [5.74, 6) is -0.135. The molecule has 0 heterocycles. The van der Waals surface area contributed by atoms with Gasteiger partial charge in [0, 0.05) is 11.2 Å². The lowest BCUT2D eigenvalue weighted by molar-refractivity contribution is -0.126. The van der Waals surface area contributed by atoms with Crippen LogP contribution >= 0.6 is 0 Å². The molecule has 0 aromatic heterocycles. The lowest BCUT2D eigenvalue weighted by atomic mass is 9.98. The third kappa shape index (κ3) is 4.34. The topological polar surface area (TPSA) is 58.2 Å². The summed E-state index contributed by atoms with van der Waals surface area (Å²) in [5.41, 5.74) is 2.83. The fourth-order valence-electron chi connectivity index (χ4n) is 2.80. The van der Waals surface area contributed by atoms with Crippen LogP contribution in [0.3, 0.4) is 0 Å². The lowest BCUT2D eigenvalue weighted by Crippen LogP contribution is -2.42. The van der Waals surface area contributed by atoms with E-state index in [0.29, 0.717) is 12.3 Å². The summed E-state index contributed by atoms with van der Waals surface area (Å²) < 4.78 is 0. The van der Waals surface area contributed by atoms with Gasteiger partial charge in [0.1, 0.15) is 0 Å². The maximum absolute atomic E-state index is 12.5. The fourth-order valence-corrected chi connectivity index (χ4v) is 2.80. The first-order valence-electron chi connectivity index (χ1n) is 8.32. The monoisotopic (exact) mass is 316 g/mol. The smallest absolute Gasteiger partial charge is 0.228 e. The number of benzene rings is 1. The molecular formula is C19H28N2O2. The summed E-state index contributed by atoms with van der Waals surface area (Å²) in [4.78, 5) is 24.6. The van der Waals surface area contributed by atoms with Gasteiger partial charge in [0.05, 0.1) is 11.8 Å². The Bertz CT molecular complexity index is 614. The van der Waals surface area contributed by atoms with Gasteiger partial charge in [0.2, 0.25) is 11.8 Å². The number of carbonyl (C=O) groups excluding carboxylic acids is 2. The van der Waals surface area contributed by atoms with Crippen molar-refractivity contribution in [3.8, 4) is 0 Å². The number of hydrogen-bond acceptors (Lipinski definition) is 2. The van der Waals surface area contributed by atoms with Gasteiger partial charge in [-0.3, -0.25) is 9.59 Å². The Balaban J connectivity index is 2.04. The molecule has 4 heteroatoms. The van der Waals surface area contributed by atoms with Crippen molar-refractivity contribution in [2.24, 2.45) is 11.8 Å². The van der Waals surface area contributed by atoms with E-state index in [1.54, 1.807) is 0 Å². The van der Waals surface area contributed by atoms with Crippen molar-refractivity contribution in [3.05, 3.63) is 29.3 Å². The maximum atomic E-state index is 12.5. The van der Waals surface area contributed by atoms with Crippen LogP contribution in [-0.2, 0) is 9.59 Å². The maximum Gasteiger partial charge on any atom is 0.228 e. The summed E-state index contributed by atoms with van der Waals surface area (Å²) in [6.45, 7) is 12.1. The van der Waals surface area contributed by atoms with Gasteiger partial charge < -0.3 is 10.6 Å². The molecule has 0 aliphatic heterocycles. The van der Waals surface area contributed by atoms with Crippen LogP contribution in [0.15, 0.2) is 18.2 Å². The quantitative estimate of drug-likeness (QED) is 0.891. The molecule has 0 saturated heterocycles. The van der Waals surface area contributed by atoms with Crippen LogP contribution in [0.5, 0.6) is 0 Å². The molecule has 2 rings (SSSR count). The zero-order chi connectivity index (χ0) is 17.4. The van der Waals surface area contributed by atoms with E-state index in [2.05, 4.69) is 24.5 Å². The van der Waals surface area contributed by atoms with E-state index < -0.39 is 0 Å². The van der Waals surface area contributed by atoms with Crippen LogP contribution in [0.1, 0.15) is 58.1 Å². The molecule has 0 bridgehead atoms. The molecule has 0 radical (unpaired) electrons. The minimum atomic E-state index is -0.262. The Kier molecular flexibility index (Phi) is 4.83. The summed E-state index contributed by atoms with van der Waals surface area (Å²) in [6, 6.07) is 6.05. The average molecular weight is 316 g/mol. The zero-order valence-electron chi connectivity index (χ0n) is 15.0. The van der Waals surface area contributed by atoms with Gasteiger partial charge in [-0.25, -0.2) is 0 Å². The highest BCUT2D eigenvalue weighted by Gasteiger charge is 2.48. The molecular weight excluding hydrogens is 288 g/mol. The largest absolute Gasteiger partial charge is 0.351 e. The molecule has 2 N–H and O–H groups in total. The Morgan fingerprint density at radius 2 is 1.74 bits per heavy atom. The van der Waals surface area contributed by atoms with Gasteiger partial charge in [0.25, 0.3) is 0 Å². The lowest BCUT2D eigenvalue weighted by Gasteiger charge is -2.20. The predicted molar refractivity (Wildman–Crippen MR) is 93.4 cm³/mol. The van der Waals surface area contributed by atoms with Crippen molar-refractivity contribution in [3.63, 3.8) is 0 Å². The Hall–Kier alpha value is -1.84. The zero-order valence-corrected chi connectivity index (χ0v) is 15.0. The number of para-hydroxylation sites is 1. The van der Waals surface area contributed by atoms with E-state index >= 15 is 0 Å². The molecule has 1 saturated carbocycles. The van der Waals surface area contributed by atoms with Gasteiger partial charge in [-0.2, -0.15) is 0 Å². The van der Waals surface area contributed by atoms with Crippen molar-refractivity contribution in [2.75, 3.05) is 5.32 Å². The molecule has 2 amide bonds. The highest BCUT2D eigenvalue weighted by Crippen LogP contribution is 2.40. The van der Waals surface area contributed by atoms with E-state index in [-0.39, 0.29) is 29.2 Å². The predicted octanol–water partition coefficient (Wildman–Crippen LogP) is 3.61. The fraction of sp³-hybridized carbons (Fsp3) is 0.579. The summed E-state index contributed by atoms with van der Waals surface area (Å²) in [7, 11) is 0. The molecule has 23 heavy (non-hydrogen) atoms. The second-order valence-electron chi connectivity index (χ2n) is 7.87. The summed E-state index contributed by atoms with van der Waals surface area (Å²) in [6.07, 6.45) is 0.636. The van der Waals surface area contributed by atoms with Gasteiger partial charge in [-0.15, -0.1) is 0 Å². The molecule has 1 aliphatic carbocycles. The van der Waals surface area contributed by atoms with Gasteiger partial charge >= 0.3 is 0 Å². The molecule has 126 valence electrons. The summed E-state index contributed by atoms with van der Waals surface area (Å²) in [5, 5.41) is 6.00. The summed E-state index contributed by atoms with van der Waals surface area (Å²) >= 11 is 0. The molecule has 1 aliphatic rings. The molecule has 1 fully saturated rings. The number of aryl methyl sites for hydroxylation is 1. The number of rotatable bonds is 4. The number of amides is 2. The van der Waals surface area contributed by atoms with Crippen LogP contribution in [-0.4, -0.2) is 17.4 Å². The second kappa shape index (κ2) is 6.34. The molecule has 2 atom stereocenters. The molecule has 4 nitrogen and oxygen atoms in total. The third-order valence-electron chi connectivity index (χ3n) is 4.14. The van der Waals surface area contributed by atoms with Gasteiger partial charge in [-0.1, -0.05) is 32.0 Å². The highest BCUT2D eigenvalue weighted by atomic mass is 16.2. The Morgan fingerprint density at radius 3 is 2.30 bits per heavy atom. The first-order valence-corrected chi connectivity index (χ1v) is 8.32. The van der Waals surface area contributed by atoms with Gasteiger partial charge in [0.15, 0.2) is 0 Å². The normalized spacial score (nSPS) is 20.3. The number of hydrogen-bond donors (Lipinski definition) is 2. The third-order valence-corrected chi connectivity index (χ3v) is 4.14. The number of carbonyl (C=O) groups is 2. The van der Waals surface area contributed by atoms with Gasteiger partial charge in [-0.05, 0) is 51.2 Å². The van der Waals surface area contributed by atoms with Crippen LogP contribution in [0.4, 0.5) is 5.69 Å². The molecule has 2 unspecified atom stereocenters. The first kappa shape index (κ1) is 17.5. The molecule has 1 aromatic rings. The minimum Gasteiger partial charge on any atom is -0.351 e. The first-order chi connectivity index (χ1) is 10.6. The van der Waals surface area contributed by atoms with E-state index in [1.165, 1.54) is 0 Å². The Labute approximate surface area is 139 Å². The number of anilines is 1. The van der Waals surface area contributed by atoms with E-state index in [1.807, 2.05) is 45.9 Å². The molecule has 0 spiro atoms. The number of nitrogens with one attached hydrogen (secondary N) is 2.